The molecule has 0 spiro atoms. The third kappa shape index (κ3) is 4.72. The normalized spacial score (nSPS) is 14.5. The van der Waals surface area contributed by atoms with E-state index in [0.29, 0.717) is 22.1 Å². The van der Waals surface area contributed by atoms with Crippen molar-refractivity contribution >= 4 is 35.6 Å². The lowest BCUT2D eigenvalue weighted by atomic mass is 10.1. The van der Waals surface area contributed by atoms with Crippen LogP contribution in [0, 0.1) is 0 Å². The Morgan fingerprint density at radius 2 is 2.06 bits per heavy atom. The number of nitrogens with one attached hydrogen (secondary N) is 1. The van der Waals surface area contributed by atoms with Gasteiger partial charge in [0.2, 0.25) is 5.76 Å². The molecule has 2 heterocycles. The maximum atomic E-state index is 12.8. The number of imide groups is 1. The van der Waals surface area contributed by atoms with Crippen molar-refractivity contribution in [2.75, 3.05) is 20.8 Å². The number of amides is 3. The van der Waals surface area contributed by atoms with Crippen LogP contribution in [0.4, 0.5) is 4.79 Å². The van der Waals surface area contributed by atoms with E-state index in [4.69, 9.17) is 25.5 Å². The van der Waals surface area contributed by atoms with Gasteiger partial charge in [-0.15, -0.1) is 0 Å². The molecule has 1 aromatic heterocycles. The molecule has 1 saturated heterocycles. The lowest BCUT2D eigenvalue weighted by Gasteiger charge is -2.13. The molecule has 2 aromatic rings. The van der Waals surface area contributed by atoms with Crippen molar-refractivity contribution in [3.63, 3.8) is 0 Å². The molecular weight excluding hydrogens is 428 g/mol. The molecule has 0 unspecified atom stereocenters. The molecule has 0 bridgehead atoms. The number of methoxy groups -OCH3 is 2. The van der Waals surface area contributed by atoms with E-state index in [2.05, 4.69) is 16.6 Å². The highest BCUT2D eigenvalue weighted by Gasteiger charge is 2.34. The Morgan fingerprint density at radius 1 is 1.29 bits per heavy atom. The van der Waals surface area contributed by atoms with Crippen molar-refractivity contribution in [1.29, 1.82) is 0 Å². The third-order valence-corrected chi connectivity index (χ3v) is 4.46. The van der Waals surface area contributed by atoms with Gasteiger partial charge in [-0.05, 0) is 24.3 Å². The SMILES string of the molecule is C=CCOc1c(/C=C2\NC(=O)N(Cc3ccc(C(=O)OC)o3)C2=O)cc(Cl)cc1OC. The van der Waals surface area contributed by atoms with Gasteiger partial charge >= 0.3 is 12.0 Å². The van der Waals surface area contributed by atoms with E-state index in [1.165, 1.54) is 32.4 Å². The van der Waals surface area contributed by atoms with Crippen LogP contribution in [0.2, 0.25) is 5.02 Å². The monoisotopic (exact) mass is 446 g/mol. The number of esters is 1. The Kier molecular flexibility index (Phi) is 6.66. The molecule has 162 valence electrons. The zero-order chi connectivity index (χ0) is 22.5. The van der Waals surface area contributed by atoms with Crippen molar-refractivity contribution in [2.45, 2.75) is 6.54 Å². The van der Waals surface area contributed by atoms with Crippen molar-refractivity contribution in [3.05, 3.63) is 64.7 Å². The van der Waals surface area contributed by atoms with E-state index >= 15 is 0 Å². The average Bonchev–Trinajstić information content (AvgIpc) is 3.32. The summed E-state index contributed by atoms with van der Waals surface area (Å²) < 4.78 is 20.9. The highest BCUT2D eigenvalue weighted by atomic mass is 35.5. The molecule has 0 saturated carbocycles. The van der Waals surface area contributed by atoms with Crippen LogP contribution in [-0.2, 0) is 16.1 Å². The number of halogens is 1. The standard InChI is InChI=1S/C21H19ClN2O7/c1-4-7-30-18-12(8-13(22)10-17(18)28-2)9-15-19(25)24(21(27)23-15)11-14-5-6-16(31-14)20(26)29-3/h4-6,8-10H,1,7,11H2,2-3H3,(H,23,27)/b15-9-. The predicted octanol–water partition coefficient (Wildman–Crippen LogP) is 3.39. The van der Waals surface area contributed by atoms with Gasteiger partial charge in [0.15, 0.2) is 11.5 Å². The molecule has 31 heavy (non-hydrogen) atoms. The molecule has 0 radical (unpaired) electrons. The first-order valence-electron chi connectivity index (χ1n) is 9.00. The minimum Gasteiger partial charge on any atom is -0.493 e. The average molecular weight is 447 g/mol. The Hall–Kier alpha value is -3.72. The maximum Gasteiger partial charge on any atom is 0.373 e. The fraction of sp³-hybridized carbons (Fsp3) is 0.190. The van der Waals surface area contributed by atoms with E-state index in [1.54, 1.807) is 18.2 Å². The van der Waals surface area contributed by atoms with Crippen molar-refractivity contribution < 1.29 is 33.0 Å². The van der Waals surface area contributed by atoms with Gasteiger partial charge in [-0.2, -0.15) is 0 Å². The van der Waals surface area contributed by atoms with E-state index in [1.807, 2.05) is 0 Å². The van der Waals surface area contributed by atoms with Gasteiger partial charge in [0.05, 0.1) is 20.8 Å². The number of rotatable bonds is 8. The molecule has 3 amide bonds. The summed E-state index contributed by atoms with van der Waals surface area (Å²) in [4.78, 5) is 37.6. The number of carbonyl (C=O) groups is 3. The van der Waals surface area contributed by atoms with Crippen LogP contribution in [0.3, 0.4) is 0 Å². The summed E-state index contributed by atoms with van der Waals surface area (Å²) in [7, 11) is 2.68. The summed E-state index contributed by atoms with van der Waals surface area (Å²) in [5, 5.41) is 2.86. The lowest BCUT2D eigenvalue weighted by Crippen LogP contribution is -2.30. The molecule has 9 nitrogen and oxygen atoms in total. The summed E-state index contributed by atoms with van der Waals surface area (Å²) in [6.45, 7) is 3.64. The minimum atomic E-state index is -0.661. The molecular formula is C21H19ClN2O7. The Bertz CT molecular complexity index is 1070. The molecule has 0 aliphatic carbocycles. The first kappa shape index (κ1) is 22.0. The fourth-order valence-electron chi connectivity index (χ4n) is 2.84. The Labute approximate surface area is 182 Å². The van der Waals surface area contributed by atoms with Gasteiger partial charge < -0.3 is 23.9 Å². The molecule has 1 aliphatic heterocycles. The van der Waals surface area contributed by atoms with Crippen LogP contribution in [0.5, 0.6) is 11.5 Å². The number of ether oxygens (including phenoxy) is 3. The third-order valence-electron chi connectivity index (χ3n) is 4.24. The second kappa shape index (κ2) is 9.40. The smallest absolute Gasteiger partial charge is 0.373 e. The second-order valence-electron chi connectivity index (χ2n) is 6.26. The number of furan rings is 1. The maximum absolute atomic E-state index is 12.8. The van der Waals surface area contributed by atoms with Gasteiger partial charge in [0.1, 0.15) is 18.1 Å². The first-order valence-corrected chi connectivity index (χ1v) is 9.38. The zero-order valence-electron chi connectivity index (χ0n) is 16.8. The van der Waals surface area contributed by atoms with Crippen LogP contribution >= 0.6 is 11.6 Å². The van der Waals surface area contributed by atoms with Gasteiger partial charge in [0.25, 0.3) is 5.91 Å². The van der Waals surface area contributed by atoms with Gasteiger partial charge in [0, 0.05) is 16.7 Å². The largest absolute Gasteiger partial charge is 0.493 e. The van der Waals surface area contributed by atoms with Crippen LogP contribution in [0.25, 0.3) is 6.08 Å². The molecule has 3 rings (SSSR count). The van der Waals surface area contributed by atoms with Crippen molar-refractivity contribution in [3.8, 4) is 11.5 Å². The minimum absolute atomic E-state index is 0.0116. The lowest BCUT2D eigenvalue weighted by molar-refractivity contribution is -0.123. The highest BCUT2D eigenvalue weighted by molar-refractivity contribution is 6.31. The predicted molar refractivity (Wildman–Crippen MR) is 111 cm³/mol. The van der Waals surface area contributed by atoms with E-state index < -0.39 is 17.9 Å². The van der Waals surface area contributed by atoms with Crippen molar-refractivity contribution in [2.24, 2.45) is 0 Å². The van der Waals surface area contributed by atoms with Crippen LogP contribution in [0.15, 0.2) is 47.0 Å². The van der Waals surface area contributed by atoms with E-state index in [-0.39, 0.29) is 30.4 Å². The molecule has 1 aliphatic rings. The number of carbonyl (C=O) groups excluding carboxylic acids is 3. The topological polar surface area (TPSA) is 107 Å². The van der Waals surface area contributed by atoms with E-state index in [9.17, 15) is 14.4 Å². The van der Waals surface area contributed by atoms with Crippen molar-refractivity contribution in [1.82, 2.24) is 10.2 Å². The number of benzene rings is 1. The Balaban J connectivity index is 1.88. The number of hydrogen-bond acceptors (Lipinski definition) is 7. The quantitative estimate of drug-likeness (QED) is 0.286. The van der Waals surface area contributed by atoms with Gasteiger partial charge in [-0.3, -0.25) is 9.69 Å². The fourth-order valence-corrected chi connectivity index (χ4v) is 3.06. The van der Waals surface area contributed by atoms with Crippen LogP contribution in [-0.4, -0.2) is 43.6 Å². The first-order chi connectivity index (χ1) is 14.9. The van der Waals surface area contributed by atoms with Crippen LogP contribution in [0.1, 0.15) is 21.9 Å². The summed E-state index contributed by atoms with van der Waals surface area (Å²) in [6, 6.07) is 5.39. The molecule has 1 aromatic carbocycles. The number of hydrogen-bond donors (Lipinski definition) is 1. The Morgan fingerprint density at radius 3 is 2.74 bits per heavy atom. The summed E-state index contributed by atoms with van der Waals surface area (Å²) in [6.07, 6.45) is 3.00. The summed E-state index contributed by atoms with van der Waals surface area (Å²) >= 11 is 6.14. The highest BCUT2D eigenvalue weighted by Crippen LogP contribution is 2.36. The van der Waals surface area contributed by atoms with Crippen LogP contribution < -0.4 is 14.8 Å². The molecule has 0 atom stereocenters. The second-order valence-corrected chi connectivity index (χ2v) is 6.70. The van der Waals surface area contributed by atoms with Gasteiger partial charge in [-0.25, -0.2) is 9.59 Å². The summed E-state index contributed by atoms with van der Waals surface area (Å²) in [5.74, 6) is -0.338. The molecule has 1 fully saturated rings. The number of urea groups is 1. The zero-order valence-corrected chi connectivity index (χ0v) is 17.5. The van der Waals surface area contributed by atoms with E-state index in [0.717, 1.165) is 4.90 Å². The number of nitrogens with zero attached hydrogens (tertiary/aromatic N) is 1. The molecule has 1 N–H and O–H groups in total. The summed E-state index contributed by atoms with van der Waals surface area (Å²) in [5.41, 5.74) is 0.445. The molecule has 10 heteroatoms. The van der Waals surface area contributed by atoms with Gasteiger partial charge in [-0.1, -0.05) is 24.3 Å².